The fourth-order valence-electron chi connectivity index (χ4n) is 1.67. The highest BCUT2D eigenvalue weighted by Crippen LogP contribution is 2.24. The summed E-state index contributed by atoms with van der Waals surface area (Å²) in [6.45, 7) is 4.36. The number of nitrogens with zero attached hydrogens (tertiary/aromatic N) is 3. The van der Waals surface area contributed by atoms with Crippen molar-refractivity contribution in [1.29, 1.82) is 0 Å². The summed E-state index contributed by atoms with van der Waals surface area (Å²) in [6.07, 6.45) is 4.60. The Morgan fingerprint density at radius 1 is 1.53 bits per heavy atom. The van der Waals surface area contributed by atoms with Crippen molar-refractivity contribution in [3.05, 3.63) is 12.4 Å². The standard InChI is InChI=1S/C10H16N4S/c1-2-8-7-14(3-4-15-8)10-6-12-9(11)5-13-10/h5-6,8H,2-4,7H2,1H3,(H2,11,12). The fourth-order valence-corrected chi connectivity index (χ4v) is 2.85. The second-order valence-corrected chi connectivity index (χ2v) is 5.05. The Kier molecular flexibility index (Phi) is 3.30. The molecule has 1 aliphatic rings. The van der Waals surface area contributed by atoms with Gasteiger partial charge in [0.15, 0.2) is 0 Å². The van der Waals surface area contributed by atoms with Crippen molar-refractivity contribution in [3.8, 4) is 0 Å². The third kappa shape index (κ3) is 2.53. The number of nitrogens with two attached hydrogens (primary N) is 1. The SMILES string of the molecule is CCC1CN(c2cnc(N)cn2)CCS1. The van der Waals surface area contributed by atoms with Crippen molar-refractivity contribution in [2.75, 3.05) is 29.5 Å². The van der Waals surface area contributed by atoms with Crippen molar-refractivity contribution in [1.82, 2.24) is 9.97 Å². The largest absolute Gasteiger partial charge is 0.382 e. The maximum Gasteiger partial charge on any atom is 0.147 e. The maximum absolute atomic E-state index is 5.51. The van der Waals surface area contributed by atoms with Crippen LogP contribution >= 0.6 is 11.8 Å². The van der Waals surface area contributed by atoms with E-state index >= 15 is 0 Å². The minimum absolute atomic E-state index is 0.483. The molecule has 4 nitrogen and oxygen atoms in total. The van der Waals surface area contributed by atoms with Crippen LogP contribution in [0.25, 0.3) is 0 Å². The van der Waals surface area contributed by atoms with Gasteiger partial charge >= 0.3 is 0 Å². The van der Waals surface area contributed by atoms with E-state index in [1.54, 1.807) is 12.4 Å². The van der Waals surface area contributed by atoms with Crippen LogP contribution in [0.15, 0.2) is 12.4 Å². The minimum Gasteiger partial charge on any atom is -0.382 e. The second kappa shape index (κ2) is 4.70. The molecule has 0 aromatic carbocycles. The molecule has 1 aromatic rings. The average molecular weight is 224 g/mol. The van der Waals surface area contributed by atoms with Gasteiger partial charge in [-0.2, -0.15) is 11.8 Å². The second-order valence-electron chi connectivity index (χ2n) is 3.65. The zero-order valence-electron chi connectivity index (χ0n) is 8.89. The molecule has 1 fully saturated rings. The van der Waals surface area contributed by atoms with Crippen LogP contribution in [-0.2, 0) is 0 Å². The van der Waals surface area contributed by atoms with Crippen LogP contribution in [0.2, 0.25) is 0 Å². The van der Waals surface area contributed by atoms with E-state index < -0.39 is 0 Å². The molecule has 15 heavy (non-hydrogen) atoms. The Bertz CT molecular complexity index is 314. The summed E-state index contributed by atoms with van der Waals surface area (Å²) in [5.74, 6) is 2.60. The van der Waals surface area contributed by atoms with Gasteiger partial charge in [0.1, 0.15) is 11.6 Å². The number of hydrogen-bond acceptors (Lipinski definition) is 5. The summed E-state index contributed by atoms with van der Waals surface area (Å²) in [6, 6.07) is 0. The number of anilines is 2. The zero-order chi connectivity index (χ0) is 10.7. The molecule has 0 saturated carbocycles. The molecule has 2 heterocycles. The Morgan fingerprint density at radius 3 is 3.07 bits per heavy atom. The van der Waals surface area contributed by atoms with E-state index in [2.05, 4.69) is 33.6 Å². The van der Waals surface area contributed by atoms with E-state index in [9.17, 15) is 0 Å². The summed E-state index contributed by atoms with van der Waals surface area (Å²) in [4.78, 5) is 10.7. The molecule has 0 bridgehead atoms. The van der Waals surface area contributed by atoms with Crippen molar-refractivity contribution >= 4 is 23.4 Å². The highest BCUT2D eigenvalue weighted by Gasteiger charge is 2.19. The van der Waals surface area contributed by atoms with Crippen LogP contribution in [0.4, 0.5) is 11.6 Å². The van der Waals surface area contributed by atoms with Crippen molar-refractivity contribution < 1.29 is 0 Å². The molecular formula is C10H16N4S. The minimum atomic E-state index is 0.483. The lowest BCUT2D eigenvalue weighted by molar-refractivity contribution is 0.718. The lowest BCUT2D eigenvalue weighted by Gasteiger charge is -2.32. The molecule has 0 amide bonds. The quantitative estimate of drug-likeness (QED) is 0.822. The van der Waals surface area contributed by atoms with Crippen LogP contribution in [0, 0.1) is 0 Å². The summed E-state index contributed by atoms with van der Waals surface area (Å²) in [5.41, 5.74) is 5.51. The summed E-state index contributed by atoms with van der Waals surface area (Å²) >= 11 is 2.05. The van der Waals surface area contributed by atoms with Gasteiger partial charge in [-0.05, 0) is 6.42 Å². The number of nitrogen functional groups attached to an aromatic ring is 1. The van der Waals surface area contributed by atoms with E-state index in [1.807, 2.05) is 0 Å². The topological polar surface area (TPSA) is 55.0 Å². The van der Waals surface area contributed by atoms with Crippen LogP contribution < -0.4 is 10.6 Å². The van der Waals surface area contributed by atoms with E-state index in [4.69, 9.17) is 5.73 Å². The average Bonchev–Trinajstić information content (AvgIpc) is 2.30. The molecule has 1 aromatic heterocycles. The van der Waals surface area contributed by atoms with Crippen molar-refractivity contribution in [2.45, 2.75) is 18.6 Å². The predicted molar refractivity (Wildman–Crippen MR) is 65.2 cm³/mol. The Balaban J connectivity index is 2.06. The third-order valence-corrected chi connectivity index (χ3v) is 3.95. The molecule has 0 radical (unpaired) electrons. The molecule has 82 valence electrons. The molecule has 5 heteroatoms. The van der Waals surface area contributed by atoms with Gasteiger partial charge in [0.2, 0.25) is 0 Å². The van der Waals surface area contributed by atoms with E-state index in [-0.39, 0.29) is 0 Å². The van der Waals surface area contributed by atoms with Crippen LogP contribution in [-0.4, -0.2) is 34.1 Å². The number of thioether (sulfide) groups is 1. The first-order valence-corrected chi connectivity index (χ1v) is 6.28. The van der Waals surface area contributed by atoms with Gasteiger partial charge in [-0.25, -0.2) is 9.97 Å². The molecule has 1 saturated heterocycles. The Morgan fingerprint density at radius 2 is 2.40 bits per heavy atom. The highest BCUT2D eigenvalue weighted by molar-refractivity contribution is 8.00. The molecule has 0 aliphatic carbocycles. The number of rotatable bonds is 2. The predicted octanol–water partition coefficient (Wildman–Crippen LogP) is 1.39. The van der Waals surface area contributed by atoms with Gasteiger partial charge in [-0.15, -0.1) is 0 Å². The van der Waals surface area contributed by atoms with Crippen molar-refractivity contribution in [3.63, 3.8) is 0 Å². The Labute approximate surface area is 94.3 Å². The molecule has 0 spiro atoms. The van der Waals surface area contributed by atoms with Crippen LogP contribution in [0.1, 0.15) is 13.3 Å². The lowest BCUT2D eigenvalue weighted by Crippen LogP contribution is -2.38. The summed E-state index contributed by atoms with van der Waals surface area (Å²) in [5, 5.41) is 0.720. The maximum atomic E-state index is 5.51. The molecule has 2 rings (SSSR count). The smallest absolute Gasteiger partial charge is 0.147 e. The molecule has 1 atom stereocenters. The molecule has 1 unspecified atom stereocenters. The van der Waals surface area contributed by atoms with Gasteiger partial charge < -0.3 is 10.6 Å². The summed E-state index contributed by atoms with van der Waals surface area (Å²) < 4.78 is 0. The van der Waals surface area contributed by atoms with Gasteiger partial charge in [0, 0.05) is 24.1 Å². The first kappa shape index (κ1) is 10.5. The van der Waals surface area contributed by atoms with Gasteiger partial charge in [0.05, 0.1) is 12.4 Å². The van der Waals surface area contributed by atoms with Crippen molar-refractivity contribution in [2.24, 2.45) is 0 Å². The lowest BCUT2D eigenvalue weighted by atomic mass is 10.3. The molecular weight excluding hydrogens is 208 g/mol. The Hall–Kier alpha value is -0.970. The van der Waals surface area contributed by atoms with Crippen LogP contribution in [0.5, 0.6) is 0 Å². The van der Waals surface area contributed by atoms with Crippen LogP contribution in [0.3, 0.4) is 0 Å². The van der Waals surface area contributed by atoms with Gasteiger partial charge in [-0.1, -0.05) is 6.92 Å². The zero-order valence-corrected chi connectivity index (χ0v) is 9.70. The summed E-state index contributed by atoms with van der Waals surface area (Å²) in [7, 11) is 0. The monoisotopic (exact) mass is 224 g/mol. The molecule has 2 N–H and O–H groups in total. The van der Waals surface area contributed by atoms with E-state index in [1.165, 1.54) is 12.2 Å². The van der Waals surface area contributed by atoms with E-state index in [0.29, 0.717) is 5.82 Å². The van der Waals surface area contributed by atoms with Gasteiger partial charge in [0.25, 0.3) is 0 Å². The third-order valence-electron chi connectivity index (χ3n) is 2.58. The highest BCUT2D eigenvalue weighted by atomic mass is 32.2. The fraction of sp³-hybridized carbons (Fsp3) is 0.600. The number of hydrogen-bond donors (Lipinski definition) is 1. The van der Waals surface area contributed by atoms with E-state index in [0.717, 1.165) is 24.2 Å². The van der Waals surface area contributed by atoms with Gasteiger partial charge in [-0.3, -0.25) is 0 Å². The molecule has 1 aliphatic heterocycles. The normalized spacial score (nSPS) is 21.7. The number of aromatic nitrogens is 2. The first-order chi connectivity index (χ1) is 7.29. The first-order valence-electron chi connectivity index (χ1n) is 5.23.